The molecule has 17 heavy (non-hydrogen) atoms. The maximum Gasteiger partial charge on any atom is 0.271 e. The molecule has 1 amide bonds. The molecular formula is C12H18N4O. The molecule has 0 aromatic carbocycles. The molecule has 0 unspecified atom stereocenters. The number of carbonyl (C=O) groups excluding carboxylic acids is 1. The van der Waals surface area contributed by atoms with Crippen LogP contribution in [0.4, 0.5) is 5.82 Å². The van der Waals surface area contributed by atoms with Crippen molar-refractivity contribution >= 4 is 11.7 Å². The Morgan fingerprint density at radius 1 is 1.47 bits per heavy atom. The van der Waals surface area contributed by atoms with Crippen LogP contribution < -0.4 is 10.2 Å². The summed E-state index contributed by atoms with van der Waals surface area (Å²) in [5.74, 6) is 1.53. The number of hydrogen-bond acceptors (Lipinski definition) is 4. The summed E-state index contributed by atoms with van der Waals surface area (Å²) in [6.45, 7) is 0.999. The van der Waals surface area contributed by atoms with Crippen molar-refractivity contribution in [3.05, 3.63) is 17.8 Å². The molecule has 5 nitrogen and oxygen atoms in total. The Morgan fingerprint density at radius 3 is 2.76 bits per heavy atom. The molecule has 1 N–H and O–H groups in total. The lowest BCUT2D eigenvalue weighted by Gasteiger charge is -2.17. The number of carbonyl (C=O) groups is 1. The first-order valence-corrected chi connectivity index (χ1v) is 5.97. The number of anilines is 1. The summed E-state index contributed by atoms with van der Waals surface area (Å²) in [7, 11) is 3.59. The van der Waals surface area contributed by atoms with Gasteiger partial charge >= 0.3 is 0 Å². The third kappa shape index (κ3) is 3.15. The van der Waals surface area contributed by atoms with Gasteiger partial charge in [0.15, 0.2) is 11.5 Å². The molecule has 1 aliphatic rings. The third-order valence-corrected chi connectivity index (χ3v) is 3.07. The van der Waals surface area contributed by atoms with E-state index >= 15 is 0 Å². The van der Waals surface area contributed by atoms with Crippen LogP contribution in [0.3, 0.4) is 0 Å². The average Bonchev–Trinajstić information content (AvgIpc) is 3.19. The lowest BCUT2D eigenvalue weighted by atomic mass is 10.3. The normalized spacial score (nSPS) is 14.5. The summed E-state index contributed by atoms with van der Waals surface area (Å²) in [4.78, 5) is 13.4. The minimum Gasteiger partial charge on any atom is -0.358 e. The molecule has 0 aliphatic heterocycles. The van der Waals surface area contributed by atoms with Crippen LogP contribution in [0.1, 0.15) is 29.8 Å². The summed E-state index contributed by atoms with van der Waals surface area (Å²) in [5.41, 5.74) is 0.354. The van der Waals surface area contributed by atoms with Crippen molar-refractivity contribution in [2.75, 3.05) is 25.5 Å². The fourth-order valence-electron chi connectivity index (χ4n) is 1.68. The first-order chi connectivity index (χ1) is 8.20. The molecule has 1 saturated carbocycles. The van der Waals surface area contributed by atoms with E-state index in [2.05, 4.69) is 20.4 Å². The Labute approximate surface area is 101 Å². The average molecular weight is 234 g/mol. The van der Waals surface area contributed by atoms with Crippen molar-refractivity contribution < 1.29 is 4.79 Å². The molecule has 0 atom stereocenters. The van der Waals surface area contributed by atoms with Gasteiger partial charge in [-0.2, -0.15) is 0 Å². The van der Waals surface area contributed by atoms with Crippen molar-refractivity contribution in [2.24, 2.45) is 5.92 Å². The molecular weight excluding hydrogens is 216 g/mol. The highest BCUT2D eigenvalue weighted by molar-refractivity contribution is 5.91. The zero-order chi connectivity index (χ0) is 12.3. The quantitative estimate of drug-likeness (QED) is 0.828. The summed E-state index contributed by atoms with van der Waals surface area (Å²) in [6, 6.07) is 3.54. The van der Waals surface area contributed by atoms with Crippen LogP contribution in [-0.2, 0) is 0 Å². The molecule has 1 aliphatic carbocycles. The van der Waals surface area contributed by atoms with Crippen molar-refractivity contribution in [1.82, 2.24) is 15.5 Å². The standard InChI is InChI=1S/C12H18N4O/c1-13-12(17)10-5-6-11(15-14-10)16(2)8-7-9-3-4-9/h5-6,9H,3-4,7-8H2,1-2H3,(H,13,17). The first-order valence-electron chi connectivity index (χ1n) is 5.97. The lowest BCUT2D eigenvalue weighted by molar-refractivity contribution is 0.0957. The minimum atomic E-state index is -0.204. The number of aromatic nitrogens is 2. The van der Waals surface area contributed by atoms with Crippen LogP contribution in [0, 0.1) is 5.92 Å². The van der Waals surface area contributed by atoms with Gasteiger partial charge in [-0.1, -0.05) is 12.8 Å². The Kier molecular flexibility index (Phi) is 3.56. The van der Waals surface area contributed by atoms with Crippen LogP contribution >= 0.6 is 0 Å². The Bertz CT molecular complexity index is 386. The summed E-state index contributed by atoms with van der Waals surface area (Å²) in [5, 5.41) is 10.5. The van der Waals surface area contributed by atoms with Crippen LogP contribution in [0.25, 0.3) is 0 Å². The second-order valence-electron chi connectivity index (χ2n) is 4.51. The second kappa shape index (κ2) is 5.12. The fraction of sp³-hybridized carbons (Fsp3) is 0.583. The Hall–Kier alpha value is -1.65. The van der Waals surface area contributed by atoms with Gasteiger partial charge in [-0.05, 0) is 24.5 Å². The number of amides is 1. The maximum atomic E-state index is 11.3. The zero-order valence-electron chi connectivity index (χ0n) is 10.3. The van der Waals surface area contributed by atoms with E-state index in [1.165, 1.54) is 19.3 Å². The first kappa shape index (κ1) is 11.8. The Balaban J connectivity index is 1.93. The van der Waals surface area contributed by atoms with Crippen molar-refractivity contribution in [3.63, 3.8) is 0 Å². The minimum absolute atomic E-state index is 0.204. The molecule has 2 rings (SSSR count). The smallest absolute Gasteiger partial charge is 0.271 e. The van der Waals surface area contributed by atoms with Gasteiger partial charge in [-0.3, -0.25) is 4.79 Å². The van der Waals surface area contributed by atoms with E-state index in [0.717, 1.165) is 18.3 Å². The van der Waals surface area contributed by atoms with Crippen molar-refractivity contribution in [2.45, 2.75) is 19.3 Å². The van der Waals surface area contributed by atoms with Crippen LogP contribution in [0.5, 0.6) is 0 Å². The number of rotatable bonds is 5. The van der Waals surface area contributed by atoms with Gasteiger partial charge in [0.1, 0.15) is 0 Å². The van der Waals surface area contributed by atoms with Gasteiger partial charge in [-0.25, -0.2) is 0 Å². The monoisotopic (exact) mass is 234 g/mol. The van der Waals surface area contributed by atoms with Crippen molar-refractivity contribution in [3.8, 4) is 0 Å². The van der Waals surface area contributed by atoms with E-state index in [4.69, 9.17) is 0 Å². The maximum absolute atomic E-state index is 11.3. The van der Waals surface area contributed by atoms with Crippen LogP contribution in [0.15, 0.2) is 12.1 Å². The molecule has 0 bridgehead atoms. The molecule has 1 aromatic rings. The molecule has 0 radical (unpaired) electrons. The van der Waals surface area contributed by atoms with E-state index < -0.39 is 0 Å². The predicted octanol–water partition coefficient (Wildman–Crippen LogP) is 1.07. The van der Waals surface area contributed by atoms with Gasteiger partial charge in [0.05, 0.1) is 0 Å². The summed E-state index contributed by atoms with van der Waals surface area (Å²) in [6.07, 6.45) is 3.96. The molecule has 1 heterocycles. The van der Waals surface area contributed by atoms with Crippen LogP contribution in [-0.4, -0.2) is 36.7 Å². The van der Waals surface area contributed by atoms with Gasteiger partial charge < -0.3 is 10.2 Å². The highest BCUT2D eigenvalue weighted by Crippen LogP contribution is 2.32. The molecule has 5 heteroatoms. The van der Waals surface area contributed by atoms with E-state index in [0.29, 0.717) is 5.69 Å². The predicted molar refractivity (Wildman–Crippen MR) is 66.0 cm³/mol. The fourth-order valence-corrected chi connectivity index (χ4v) is 1.68. The number of hydrogen-bond donors (Lipinski definition) is 1. The van der Waals surface area contributed by atoms with Gasteiger partial charge in [0.25, 0.3) is 5.91 Å². The van der Waals surface area contributed by atoms with E-state index in [-0.39, 0.29) is 5.91 Å². The second-order valence-corrected chi connectivity index (χ2v) is 4.51. The van der Waals surface area contributed by atoms with Gasteiger partial charge in [-0.15, -0.1) is 10.2 Å². The zero-order valence-corrected chi connectivity index (χ0v) is 10.3. The molecule has 92 valence electrons. The number of nitrogens with one attached hydrogen (secondary N) is 1. The SMILES string of the molecule is CNC(=O)c1ccc(N(C)CCC2CC2)nn1. The van der Waals surface area contributed by atoms with Crippen molar-refractivity contribution in [1.29, 1.82) is 0 Å². The van der Waals surface area contributed by atoms with Gasteiger partial charge in [0, 0.05) is 20.6 Å². The van der Waals surface area contributed by atoms with E-state index in [9.17, 15) is 4.79 Å². The van der Waals surface area contributed by atoms with Gasteiger partial charge in [0.2, 0.25) is 0 Å². The summed E-state index contributed by atoms with van der Waals surface area (Å²) < 4.78 is 0. The third-order valence-electron chi connectivity index (χ3n) is 3.07. The largest absolute Gasteiger partial charge is 0.358 e. The molecule has 0 spiro atoms. The lowest BCUT2D eigenvalue weighted by Crippen LogP contribution is -2.23. The highest BCUT2D eigenvalue weighted by Gasteiger charge is 2.21. The van der Waals surface area contributed by atoms with E-state index in [1.807, 2.05) is 13.1 Å². The molecule has 0 saturated heterocycles. The highest BCUT2D eigenvalue weighted by atomic mass is 16.1. The topological polar surface area (TPSA) is 58.1 Å². The van der Waals surface area contributed by atoms with E-state index in [1.54, 1.807) is 13.1 Å². The molecule has 1 aromatic heterocycles. The summed E-state index contributed by atoms with van der Waals surface area (Å²) >= 11 is 0. The molecule has 1 fully saturated rings. The van der Waals surface area contributed by atoms with Crippen LogP contribution in [0.2, 0.25) is 0 Å². The number of nitrogens with zero attached hydrogens (tertiary/aromatic N) is 3. The Morgan fingerprint density at radius 2 is 2.24 bits per heavy atom.